The summed E-state index contributed by atoms with van der Waals surface area (Å²) in [5.41, 5.74) is 0. The zero-order valence-corrected chi connectivity index (χ0v) is 15.9. The smallest absolute Gasteiger partial charge is 0.331 e. The first-order valence-corrected chi connectivity index (χ1v) is 8.75. The second kappa shape index (κ2) is 13.9. The Morgan fingerprint density at radius 1 is 0.778 bits per heavy atom. The fourth-order valence-electron chi connectivity index (χ4n) is 2.33. The van der Waals surface area contributed by atoms with E-state index in [-0.39, 0.29) is 12.6 Å². The summed E-state index contributed by atoms with van der Waals surface area (Å²) in [5.74, 6) is -1.53. The number of hydrogen-bond donors (Lipinski definition) is 0. The van der Waals surface area contributed by atoms with Crippen LogP contribution in [0.15, 0.2) is 24.3 Å². The van der Waals surface area contributed by atoms with Gasteiger partial charge in [0.1, 0.15) is 13.2 Å². The predicted octanol–water partition coefficient (Wildman–Crippen LogP) is -0.378. The Balaban J connectivity index is 2.09. The van der Waals surface area contributed by atoms with Crippen LogP contribution < -0.4 is 0 Å². The molecule has 1 fully saturated rings. The van der Waals surface area contributed by atoms with Gasteiger partial charge in [0, 0.05) is 64.6 Å². The molecular weight excluding hydrogens is 356 g/mol. The maximum atomic E-state index is 11.4. The van der Waals surface area contributed by atoms with Crippen LogP contribution in [0.2, 0.25) is 0 Å². The second-order valence-corrected chi connectivity index (χ2v) is 5.73. The van der Waals surface area contributed by atoms with Gasteiger partial charge in [-0.1, -0.05) is 6.08 Å². The third-order valence-corrected chi connectivity index (χ3v) is 3.84. The Morgan fingerprint density at radius 2 is 1.26 bits per heavy atom. The van der Waals surface area contributed by atoms with Gasteiger partial charge in [0.2, 0.25) is 0 Å². The van der Waals surface area contributed by atoms with E-state index in [0.717, 1.165) is 38.3 Å². The molecule has 0 aromatic rings. The molecule has 0 atom stereocenters. The van der Waals surface area contributed by atoms with Crippen LogP contribution in [0.5, 0.6) is 0 Å². The quantitative estimate of drug-likeness (QED) is 0.268. The number of esters is 3. The molecule has 1 saturated heterocycles. The summed E-state index contributed by atoms with van der Waals surface area (Å²) in [6.45, 7) is 5.70. The fraction of sp³-hybridized carbons (Fsp3) is 0.611. The molecule has 1 aliphatic heterocycles. The molecule has 9 heteroatoms. The van der Waals surface area contributed by atoms with E-state index in [9.17, 15) is 14.4 Å². The normalized spacial score (nSPS) is 15.9. The highest BCUT2D eigenvalue weighted by atomic mass is 16.5. The Hall–Kier alpha value is -2.23. The summed E-state index contributed by atoms with van der Waals surface area (Å²) in [6.07, 6.45) is 5.05. The fourth-order valence-corrected chi connectivity index (χ4v) is 2.33. The lowest BCUT2D eigenvalue weighted by Gasteiger charge is -2.34. The molecule has 0 aliphatic carbocycles. The zero-order valence-electron chi connectivity index (χ0n) is 15.9. The topological polar surface area (TPSA) is 94.6 Å². The molecule has 1 aliphatic rings. The molecule has 152 valence electrons. The largest absolute Gasteiger partial charge is 0.466 e. The highest BCUT2D eigenvalue weighted by Crippen LogP contribution is 2.01. The summed E-state index contributed by atoms with van der Waals surface area (Å²) in [5, 5.41) is 0. The van der Waals surface area contributed by atoms with E-state index in [2.05, 4.69) is 14.5 Å². The van der Waals surface area contributed by atoms with Gasteiger partial charge in [-0.15, -0.1) is 0 Å². The van der Waals surface area contributed by atoms with Crippen molar-refractivity contribution in [2.75, 3.05) is 73.3 Å². The zero-order chi connectivity index (χ0) is 19.9. The minimum atomic E-state index is -0.597. The van der Waals surface area contributed by atoms with E-state index in [4.69, 9.17) is 14.2 Å². The minimum Gasteiger partial charge on any atom is -0.466 e. The second-order valence-electron chi connectivity index (χ2n) is 5.73. The molecule has 0 aromatic carbocycles. The predicted molar refractivity (Wildman–Crippen MR) is 97.0 cm³/mol. The van der Waals surface area contributed by atoms with Crippen LogP contribution in [0.1, 0.15) is 0 Å². The first kappa shape index (κ1) is 22.8. The number of rotatable bonds is 11. The van der Waals surface area contributed by atoms with Crippen LogP contribution in [0.3, 0.4) is 0 Å². The molecule has 0 amide bonds. The molecule has 0 saturated carbocycles. The number of ether oxygens (including phenoxy) is 4. The first-order valence-electron chi connectivity index (χ1n) is 8.75. The van der Waals surface area contributed by atoms with Gasteiger partial charge in [-0.25, -0.2) is 14.4 Å². The van der Waals surface area contributed by atoms with Gasteiger partial charge in [-0.05, 0) is 0 Å². The Kier molecular flexibility index (Phi) is 11.7. The van der Waals surface area contributed by atoms with E-state index in [1.54, 1.807) is 13.2 Å². The van der Waals surface area contributed by atoms with E-state index in [1.165, 1.54) is 13.2 Å². The third kappa shape index (κ3) is 11.2. The van der Waals surface area contributed by atoms with Gasteiger partial charge in [0.15, 0.2) is 0 Å². The number of carbonyl (C=O) groups excluding carboxylic acids is 3. The standard InChI is InChI=1S/C18H28N2O7/c1-24-13-3-4-17(22)26-14-11-19-7-9-20(10-8-19)12-15-27-18(23)6-5-16(21)25-2/h3-6H,7-15H2,1-2H3/b4-3+,6-5+. The van der Waals surface area contributed by atoms with Gasteiger partial charge >= 0.3 is 17.9 Å². The van der Waals surface area contributed by atoms with Crippen molar-refractivity contribution in [2.45, 2.75) is 0 Å². The van der Waals surface area contributed by atoms with Crippen LogP contribution in [0.4, 0.5) is 0 Å². The minimum absolute atomic E-state index is 0.260. The molecule has 9 nitrogen and oxygen atoms in total. The lowest BCUT2D eigenvalue weighted by atomic mass is 10.3. The summed E-state index contributed by atoms with van der Waals surface area (Å²) in [7, 11) is 2.79. The molecule has 27 heavy (non-hydrogen) atoms. The van der Waals surface area contributed by atoms with Crippen molar-refractivity contribution in [3.05, 3.63) is 24.3 Å². The molecule has 0 radical (unpaired) electrons. The van der Waals surface area contributed by atoms with Crippen molar-refractivity contribution < 1.29 is 33.3 Å². The van der Waals surface area contributed by atoms with Crippen LogP contribution in [0.25, 0.3) is 0 Å². The summed E-state index contributed by atoms with van der Waals surface area (Å²) < 4.78 is 19.4. The van der Waals surface area contributed by atoms with Gasteiger partial charge in [-0.2, -0.15) is 0 Å². The SMILES string of the molecule is COC/C=C/C(=O)OCCN1CCN(CCOC(=O)/C=C/C(=O)OC)CC1. The molecule has 0 aromatic heterocycles. The van der Waals surface area contributed by atoms with Crippen molar-refractivity contribution in [3.8, 4) is 0 Å². The molecule has 0 bridgehead atoms. The summed E-state index contributed by atoms with van der Waals surface area (Å²) >= 11 is 0. The number of piperazine rings is 1. The maximum Gasteiger partial charge on any atom is 0.331 e. The van der Waals surface area contributed by atoms with Crippen molar-refractivity contribution in [1.82, 2.24) is 9.80 Å². The molecule has 0 N–H and O–H groups in total. The van der Waals surface area contributed by atoms with Gasteiger partial charge in [0.05, 0.1) is 13.7 Å². The molecular formula is C18H28N2O7. The van der Waals surface area contributed by atoms with Crippen molar-refractivity contribution >= 4 is 17.9 Å². The number of nitrogens with zero attached hydrogens (tertiary/aromatic N) is 2. The van der Waals surface area contributed by atoms with Crippen LogP contribution >= 0.6 is 0 Å². The van der Waals surface area contributed by atoms with E-state index < -0.39 is 11.9 Å². The van der Waals surface area contributed by atoms with Crippen LogP contribution in [-0.2, 0) is 33.3 Å². The van der Waals surface area contributed by atoms with Gasteiger partial charge in [-0.3, -0.25) is 9.80 Å². The van der Waals surface area contributed by atoms with Crippen molar-refractivity contribution in [3.63, 3.8) is 0 Å². The highest BCUT2D eigenvalue weighted by molar-refractivity contribution is 5.91. The maximum absolute atomic E-state index is 11.4. The lowest BCUT2D eigenvalue weighted by Crippen LogP contribution is -2.48. The van der Waals surface area contributed by atoms with E-state index >= 15 is 0 Å². The molecule has 1 rings (SSSR count). The Morgan fingerprint density at radius 3 is 1.74 bits per heavy atom. The van der Waals surface area contributed by atoms with E-state index in [0.29, 0.717) is 26.3 Å². The number of carbonyl (C=O) groups is 3. The van der Waals surface area contributed by atoms with Crippen LogP contribution in [0, 0.1) is 0 Å². The monoisotopic (exact) mass is 384 g/mol. The average molecular weight is 384 g/mol. The van der Waals surface area contributed by atoms with Gasteiger partial charge in [0.25, 0.3) is 0 Å². The first-order chi connectivity index (χ1) is 13.0. The summed E-state index contributed by atoms with van der Waals surface area (Å²) in [6, 6.07) is 0. The molecule has 1 heterocycles. The highest BCUT2D eigenvalue weighted by Gasteiger charge is 2.16. The Labute approximate surface area is 159 Å². The Bertz CT molecular complexity index is 526. The number of hydrogen-bond acceptors (Lipinski definition) is 9. The number of methoxy groups -OCH3 is 2. The average Bonchev–Trinajstić information content (AvgIpc) is 2.67. The van der Waals surface area contributed by atoms with Gasteiger partial charge < -0.3 is 18.9 Å². The van der Waals surface area contributed by atoms with Crippen molar-refractivity contribution in [2.24, 2.45) is 0 Å². The third-order valence-electron chi connectivity index (χ3n) is 3.84. The molecule has 0 spiro atoms. The van der Waals surface area contributed by atoms with Crippen molar-refractivity contribution in [1.29, 1.82) is 0 Å². The lowest BCUT2D eigenvalue weighted by molar-refractivity contribution is -0.140. The van der Waals surface area contributed by atoms with E-state index in [1.807, 2.05) is 0 Å². The molecule has 0 unspecified atom stereocenters. The van der Waals surface area contributed by atoms with Crippen LogP contribution in [-0.4, -0.2) is 101 Å². The summed E-state index contributed by atoms with van der Waals surface area (Å²) in [4.78, 5) is 38.1.